The number of benzene rings is 1. The largest absolute Gasteiger partial charge is 0.483 e. The Balaban J connectivity index is 2.52. The number of ether oxygens (including phenoxy) is 1. The molecule has 0 aliphatic rings. The average molecular weight is 323 g/mol. The molecule has 0 bridgehead atoms. The van der Waals surface area contributed by atoms with Crippen LogP contribution in [0.2, 0.25) is 0 Å². The Kier molecular flexibility index (Phi) is 6.78. The molecular weight excluding hydrogens is 302 g/mol. The highest BCUT2D eigenvalue weighted by atomic mass is 32.1. The van der Waals surface area contributed by atoms with Crippen LogP contribution in [0.15, 0.2) is 18.2 Å². The minimum absolute atomic E-state index is 0.0271. The standard InChI is InChI=1S/C15H21N3O3S/c1-9(2)12-6-5-10(3)7-13(12)21-8-14(20)17-18-15(22)16-11(4)19/h5-7,9H,8H2,1-4H3,(H,17,20)(H2,16,18,19,22). The Bertz CT molecular complexity index is 573. The van der Waals surface area contributed by atoms with E-state index in [1.54, 1.807) is 0 Å². The molecule has 0 spiro atoms. The van der Waals surface area contributed by atoms with E-state index < -0.39 is 5.91 Å². The lowest BCUT2D eigenvalue weighted by molar-refractivity contribution is -0.124. The fraction of sp³-hybridized carbons (Fsp3) is 0.400. The molecule has 0 heterocycles. The number of amides is 2. The molecule has 0 saturated heterocycles. The quantitative estimate of drug-likeness (QED) is 0.578. The molecule has 3 N–H and O–H groups in total. The fourth-order valence-electron chi connectivity index (χ4n) is 1.74. The summed E-state index contributed by atoms with van der Waals surface area (Å²) in [5, 5.41) is 2.36. The van der Waals surface area contributed by atoms with Gasteiger partial charge in [-0.1, -0.05) is 26.0 Å². The molecule has 1 aromatic rings. The first-order chi connectivity index (χ1) is 10.3. The molecule has 120 valence electrons. The second kappa shape index (κ2) is 8.33. The zero-order valence-electron chi connectivity index (χ0n) is 13.1. The molecule has 0 fully saturated rings. The van der Waals surface area contributed by atoms with Gasteiger partial charge in [0.05, 0.1) is 0 Å². The van der Waals surface area contributed by atoms with Gasteiger partial charge in [-0.25, -0.2) is 0 Å². The average Bonchev–Trinajstić information content (AvgIpc) is 2.41. The van der Waals surface area contributed by atoms with Gasteiger partial charge in [0, 0.05) is 6.92 Å². The number of carbonyl (C=O) groups excluding carboxylic acids is 2. The van der Waals surface area contributed by atoms with E-state index in [-0.39, 0.29) is 17.6 Å². The normalized spacial score (nSPS) is 10.0. The number of rotatable bonds is 4. The van der Waals surface area contributed by atoms with E-state index in [4.69, 9.17) is 17.0 Å². The summed E-state index contributed by atoms with van der Waals surface area (Å²) >= 11 is 4.80. The molecule has 0 aromatic heterocycles. The predicted octanol–water partition coefficient (Wildman–Crippen LogP) is 1.54. The van der Waals surface area contributed by atoms with Gasteiger partial charge in [0.1, 0.15) is 5.75 Å². The van der Waals surface area contributed by atoms with Gasteiger partial charge in [-0.3, -0.25) is 20.4 Å². The number of hydrogen-bond donors (Lipinski definition) is 3. The summed E-state index contributed by atoms with van der Waals surface area (Å²) in [5.74, 6) is 0.270. The molecule has 7 heteroatoms. The second-order valence-electron chi connectivity index (χ2n) is 5.17. The van der Waals surface area contributed by atoms with Gasteiger partial charge in [0.2, 0.25) is 5.91 Å². The minimum atomic E-state index is -0.399. The van der Waals surface area contributed by atoms with E-state index in [0.717, 1.165) is 11.1 Å². The lowest BCUT2D eigenvalue weighted by atomic mass is 10.0. The summed E-state index contributed by atoms with van der Waals surface area (Å²) in [4.78, 5) is 22.5. The van der Waals surface area contributed by atoms with E-state index in [1.165, 1.54) is 6.92 Å². The predicted molar refractivity (Wildman–Crippen MR) is 88.5 cm³/mol. The number of carbonyl (C=O) groups is 2. The van der Waals surface area contributed by atoms with Crippen LogP contribution >= 0.6 is 12.2 Å². The van der Waals surface area contributed by atoms with Crippen molar-refractivity contribution in [3.8, 4) is 5.75 Å². The van der Waals surface area contributed by atoms with Crippen LogP contribution in [0.5, 0.6) is 5.75 Å². The van der Waals surface area contributed by atoms with Crippen LogP contribution < -0.4 is 20.9 Å². The van der Waals surface area contributed by atoms with Crippen molar-refractivity contribution in [2.45, 2.75) is 33.6 Å². The zero-order valence-corrected chi connectivity index (χ0v) is 14.0. The van der Waals surface area contributed by atoms with E-state index in [9.17, 15) is 9.59 Å². The topological polar surface area (TPSA) is 79.5 Å². The number of aryl methyl sites for hydroxylation is 1. The summed E-state index contributed by atoms with van der Waals surface area (Å²) in [6, 6.07) is 5.91. The Labute approximate surface area is 135 Å². The molecule has 2 amide bonds. The van der Waals surface area contributed by atoms with E-state index >= 15 is 0 Å². The Hall–Kier alpha value is -2.15. The fourth-order valence-corrected chi connectivity index (χ4v) is 1.94. The Morgan fingerprint density at radius 3 is 2.55 bits per heavy atom. The third-order valence-electron chi connectivity index (χ3n) is 2.75. The van der Waals surface area contributed by atoms with Crippen LogP contribution in [0.1, 0.15) is 37.8 Å². The second-order valence-corrected chi connectivity index (χ2v) is 5.58. The van der Waals surface area contributed by atoms with E-state index in [0.29, 0.717) is 11.7 Å². The van der Waals surface area contributed by atoms with Crippen LogP contribution in [0.4, 0.5) is 0 Å². The summed E-state index contributed by atoms with van der Waals surface area (Å²) in [7, 11) is 0. The summed E-state index contributed by atoms with van der Waals surface area (Å²) in [6.45, 7) is 7.25. The smallest absolute Gasteiger partial charge is 0.276 e. The summed E-state index contributed by atoms with van der Waals surface area (Å²) < 4.78 is 5.57. The van der Waals surface area contributed by atoms with Crippen LogP contribution in [-0.4, -0.2) is 23.5 Å². The van der Waals surface area contributed by atoms with Crippen LogP contribution in [0.25, 0.3) is 0 Å². The van der Waals surface area contributed by atoms with Crippen LogP contribution in [0.3, 0.4) is 0 Å². The molecular formula is C15H21N3O3S. The molecule has 0 aliphatic carbocycles. The highest BCUT2D eigenvalue weighted by Crippen LogP contribution is 2.27. The van der Waals surface area contributed by atoms with E-state index in [1.807, 2.05) is 25.1 Å². The minimum Gasteiger partial charge on any atom is -0.483 e. The Morgan fingerprint density at radius 1 is 1.27 bits per heavy atom. The van der Waals surface area contributed by atoms with Crippen LogP contribution in [-0.2, 0) is 9.59 Å². The van der Waals surface area contributed by atoms with Gasteiger partial charge < -0.3 is 10.1 Å². The lowest BCUT2D eigenvalue weighted by Gasteiger charge is -2.15. The molecule has 0 radical (unpaired) electrons. The highest BCUT2D eigenvalue weighted by molar-refractivity contribution is 7.80. The van der Waals surface area contributed by atoms with Gasteiger partial charge >= 0.3 is 0 Å². The highest BCUT2D eigenvalue weighted by Gasteiger charge is 2.10. The SMILES string of the molecule is CC(=O)NC(=S)NNC(=O)COc1cc(C)ccc1C(C)C. The molecule has 1 rings (SSSR count). The summed E-state index contributed by atoms with van der Waals surface area (Å²) in [6.07, 6.45) is 0. The number of hydrogen-bond acceptors (Lipinski definition) is 4. The summed E-state index contributed by atoms with van der Waals surface area (Å²) in [5.41, 5.74) is 6.87. The van der Waals surface area contributed by atoms with Gasteiger partial charge in [-0.05, 0) is 42.3 Å². The van der Waals surface area contributed by atoms with E-state index in [2.05, 4.69) is 30.0 Å². The van der Waals surface area contributed by atoms with Gasteiger partial charge in [0.15, 0.2) is 11.7 Å². The van der Waals surface area contributed by atoms with Crippen molar-refractivity contribution in [3.05, 3.63) is 29.3 Å². The maximum absolute atomic E-state index is 11.7. The molecule has 0 atom stereocenters. The molecule has 6 nitrogen and oxygen atoms in total. The van der Waals surface area contributed by atoms with Crippen molar-refractivity contribution < 1.29 is 14.3 Å². The van der Waals surface area contributed by atoms with Crippen molar-refractivity contribution in [3.63, 3.8) is 0 Å². The van der Waals surface area contributed by atoms with Crippen molar-refractivity contribution in [2.24, 2.45) is 0 Å². The van der Waals surface area contributed by atoms with Gasteiger partial charge in [-0.2, -0.15) is 0 Å². The van der Waals surface area contributed by atoms with Crippen molar-refractivity contribution in [1.29, 1.82) is 0 Å². The van der Waals surface area contributed by atoms with Gasteiger partial charge in [0.25, 0.3) is 5.91 Å². The third kappa shape index (κ3) is 6.09. The number of hydrazine groups is 1. The molecule has 1 aromatic carbocycles. The van der Waals surface area contributed by atoms with Crippen molar-refractivity contribution >= 4 is 29.1 Å². The van der Waals surface area contributed by atoms with Crippen molar-refractivity contribution in [2.75, 3.05) is 6.61 Å². The number of nitrogens with one attached hydrogen (secondary N) is 3. The van der Waals surface area contributed by atoms with Crippen molar-refractivity contribution in [1.82, 2.24) is 16.2 Å². The zero-order chi connectivity index (χ0) is 16.7. The monoisotopic (exact) mass is 323 g/mol. The van der Waals surface area contributed by atoms with Crippen LogP contribution in [0, 0.1) is 6.92 Å². The lowest BCUT2D eigenvalue weighted by Crippen LogP contribution is -2.49. The Morgan fingerprint density at radius 2 is 1.95 bits per heavy atom. The van der Waals surface area contributed by atoms with Gasteiger partial charge in [-0.15, -0.1) is 0 Å². The molecule has 0 saturated carbocycles. The maximum Gasteiger partial charge on any atom is 0.276 e. The molecule has 0 aliphatic heterocycles. The first kappa shape index (κ1) is 17.9. The first-order valence-corrected chi connectivity index (χ1v) is 7.30. The molecule has 0 unspecified atom stereocenters. The first-order valence-electron chi connectivity index (χ1n) is 6.89. The molecule has 22 heavy (non-hydrogen) atoms. The number of thiocarbonyl (C=S) groups is 1. The third-order valence-corrected chi connectivity index (χ3v) is 2.96. The maximum atomic E-state index is 11.7.